The third-order valence-electron chi connectivity index (χ3n) is 4.33. The zero-order valence-electron chi connectivity index (χ0n) is 14.7. The minimum absolute atomic E-state index is 0.0484. The van der Waals surface area contributed by atoms with Gasteiger partial charge in [0.1, 0.15) is 0 Å². The molecule has 3 amide bonds. The smallest absolute Gasteiger partial charge is 0.319 e. The highest BCUT2D eigenvalue weighted by Crippen LogP contribution is 2.26. The first kappa shape index (κ1) is 17.9. The summed E-state index contributed by atoms with van der Waals surface area (Å²) < 4.78 is 5.33. The van der Waals surface area contributed by atoms with Gasteiger partial charge in [-0.3, -0.25) is 4.79 Å². The molecule has 1 aliphatic carbocycles. The van der Waals surface area contributed by atoms with E-state index >= 15 is 0 Å². The Morgan fingerprint density at radius 2 is 1.81 bits per heavy atom. The number of aromatic nitrogens is 2. The lowest BCUT2D eigenvalue weighted by Crippen LogP contribution is -2.28. The van der Waals surface area contributed by atoms with E-state index in [0.717, 1.165) is 25.7 Å². The summed E-state index contributed by atoms with van der Waals surface area (Å²) in [6.45, 7) is 2.06. The van der Waals surface area contributed by atoms with Crippen molar-refractivity contribution in [2.75, 3.05) is 10.6 Å². The van der Waals surface area contributed by atoms with Gasteiger partial charge in [0.25, 0.3) is 0 Å². The second-order valence-electron chi connectivity index (χ2n) is 6.30. The molecule has 1 aromatic heterocycles. The van der Waals surface area contributed by atoms with Crippen molar-refractivity contribution in [3.8, 4) is 0 Å². The first-order chi connectivity index (χ1) is 12.6. The van der Waals surface area contributed by atoms with Crippen molar-refractivity contribution in [3.63, 3.8) is 0 Å². The zero-order chi connectivity index (χ0) is 18.4. The molecule has 1 aliphatic rings. The normalized spacial score (nSPS) is 14.2. The van der Waals surface area contributed by atoms with Gasteiger partial charge in [-0.05, 0) is 31.0 Å². The van der Waals surface area contributed by atoms with Gasteiger partial charge in [-0.25, -0.2) is 4.79 Å². The van der Waals surface area contributed by atoms with E-state index in [2.05, 4.69) is 26.1 Å². The Labute approximate surface area is 151 Å². The van der Waals surface area contributed by atoms with E-state index in [4.69, 9.17) is 4.42 Å². The highest BCUT2D eigenvalue weighted by molar-refractivity contribution is 5.94. The summed E-state index contributed by atoms with van der Waals surface area (Å²) >= 11 is 0. The standard InChI is InChI=1S/C18H23N5O3/c1-2-15-22-23-16(26-15)11-19-18(25)21-14-9-5-8-13(10-14)20-17(24)12-6-3-4-7-12/h5,8-10,12H,2-4,6-7,11H2,1H3,(H,20,24)(H2,19,21,25). The molecule has 0 unspecified atom stereocenters. The lowest BCUT2D eigenvalue weighted by molar-refractivity contribution is -0.119. The summed E-state index contributed by atoms with van der Waals surface area (Å²) in [7, 11) is 0. The molecule has 8 nitrogen and oxygen atoms in total. The lowest BCUT2D eigenvalue weighted by Gasteiger charge is -2.12. The predicted octanol–water partition coefficient (Wildman–Crippen LogP) is 3.08. The Kier molecular flexibility index (Phi) is 5.83. The van der Waals surface area contributed by atoms with Crippen LogP contribution in [0.3, 0.4) is 0 Å². The summed E-state index contributed by atoms with van der Waals surface area (Å²) in [5.74, 6) is 1.03. The van der Waals surface area contributed by atoms with Gasteiger partial charge in [-0.15, -0.1) is 10.2 Å². The van der Waals surface area contributed by atoms with Gasteiger partial charge in [-0.1, -0.05) is 25.8 Å². The molecule has 2 aromatic rings. The average Bonchev–Trinajstić information content (AvgIpc) is 3.32. The molecule has 1 fully saturated rings. The second-order valence-corrected chi connectivity index (χ2v) is 6.30. The van der Waals surface area contributed by atoms with E-state index in [1.165, 1.54) is 0 Å². The van der Waals surface area contributed by atoms with Gasteiger partial charge in [0.2, 0.25) is 17.7 Å². The molecule has 8 heteroatoms. The van der Waals surface area contributed by atoms with E-state index in [0.29, 0.717) is 29.6 Å². The number of benzene rings is 1. The fourth-order valence-electron chi connectivity index (χ4n) is 2.94. The van der Waals surface area contributed by atoms with Gasteiger partial charge < -0.3 is 20.4 Å². The summed E-state index contributed by atoms with van der Waals surface area (Å²) in [5.41, 5.74) is 1.26. The topological polar surface area (TPSA) is 109 Å². The molecule has 1 heterocycles. The Morgan fingerprint density at radius 3 is 2.50 bits per heavy atom. The number of carbonyl (C=O) groups excluding carboxylic acids is 2. The van der Waals surface area contributed by atoms with Crippen LogP contribution in [0, 0.1) is 5.92 Å². The van der Waals surface area contributed by atoms with Crippen LogP contribution >= 0.6 is 0 Å². The summed E-state index contributed by atoms with van der Waals surface area (Å²) in [6.07, 6.45) is 4.76. The van der Waals surface area contributed by atoms with Crippen LogP contribution in [0.1, 0.15) is 44.4 Å². The SMILES string of the molecule is CCc1nnc(CNC(=O)Nc2cccc(NC(=O)C3CCCC3)c2)o1. The molecule has 0 radical (unpaired) electrons. The van der Waals surface area contributed by atoms with Crippen LogP contribution in [0.25, 0.3) is 0 Å². The minimum atomic E-state index is -0.388. The summed E-state index contributed by atoms with van der Waals surface area (Å²) in [6, 6.07) is 6.69. The Balaban J connectivity index is 1.50. The van der Waals surface area contributed by atoms with E-state index < -0.39 is 0 Å². The largest absolute Gasteiger partial charge is 0.423 e. The maximum atomic E-state index is 12.2. The van der Waals surface area contributed by atoms with Crippen molar-refractivity contribution >= 4 is 23.3 Å². The highest BCUT2D eigenvalue weighted by Gasteiger charge is 2.22. The zero-order valence-corrected chi connectivity index (χ0v) is 14.7. The number of rotatable bonds is 6. The molecule has 138 valence electrons. The average molecular weight is 357 g/mol. The van der Waals surface area contributed by atoms with Crippen molar-refractivity contribution in [2.24, 2.45) is 5.92 Å². The van der Waals surface area contributed by atoms with Gasteiger partial charge in [0.15, 0.2) is 0 Å². The molecule has 0 aliphatic heterocycles. The van der Waals surface area contributed by atoms with E-state index in [1.54, 1.807) is 24.3 Å². The van der Waals surface area contributed by atoms with Gasteiger partial charge in [-0.2, -0.15) is 0 Å². The maximum absolute atomic E-state index is 12.2. The molecular weight excluding hydrogens is 334 g/mol. The monoisotopic (exact) mass is 357 g/mol. The molecular formula is C18H23N5O3. The van der Waals surface area contributed by atoms with Crippen LogP contribution in [0.5, 0.6) is 0 Å². The van der Waals surface area contributed by atoms with Crippen LogP contribution in [0.4, 0.5) is 16.2 Å². The number of urea groups is 1. The third kappa shape index (κ3) is 4.81. The molecule has 0 atom stereocenters. The van der Waals surface area contributed by atoms with Gasteiger partial charge >= 0.3 is 6.03 Å². The number of anilines is 2. The van der Waals surface area contributed by atoms with Crippen LogP contribution in [0.15, 0.2) is 28.7 Å². The quantitative estimate of drug-likeness (QED) is 0.736. The number of nitrogens with zero attached hydrogens (tertiary/aromatic N) is 2. The van der Waals surface area contributed by atoms with Gasteiger partial charge in [0.05, 0.1) is 6.54 Å². The molecule has 3 rings (SSSR count). The van der Waals surface area contributed by atoms with Crippen molar-refractivity contribution in [1.29, 1.82) is 0 Å². The van der Waals surface area contributed by atoms with Crippen molar-refractivity contribution in [2.45, 2.75) is 45.6 Å². The van der Waals surface area contributed by atoms with Gasteiger partial charge in [0, 0.05) is 23.7 Å². The summed E-state index contributed by atoms with van der Waals surface area (Å²) in [5, 5.41) is 16.0. The molecule has 0 bridgehead atoms. The molecule has 1 saturated carbocycles. The Hall–Kier alpha value is -2.90. The van der Waals surface area contributed by atoms with Crippen LogP contribution in [-0.4, -0.2) is 22.1 Å². The highest BCUT2D eigenvalue weighted by atomic mass is 16.4. The maximum Gasteiger partial charge on any atom is 0.319 e. The Morgan fingerprint density at radius 1 is 1.12 bits per heavy atom. The summed E-state index contributed by atoms with van der Waals surface area (Å²) in [4.78, 5) is 24.2. The number of nitrogens with one attached hydrogen (secondary N) is 3. The number of hydrogen-bond acceptors (Lipinski definition) is 5. The van der Waals surface area contributed by atoms with Crippen LogP contribution in [0.2, 0.25) is 0 Å². The number of aryl methyl sites for hydroxylation is 1. The lowest BCUT2D eigenvalue weighted by atomic mass is 10.1. The molecule has 1 aromatic carbocycles. The Bertz CT molecular complexity index is 768. The van der Waals surface area contributed by atoms with E-state index in [1.807, 2.05) is 6.92 Å². The molecule has 0 spiro atoms. The van der Waals surface area contributed by atoms with Crippen LogP contribution < -0.4 is 16.0 Å². The van der Waals surface area contributed by atoms with Crippen molar-refractivity contribution in [3.05, 3.63) is 36.0 Å². The predicted molar refractivity (Wildman–Crippen MR) is 96.6 cm³/mol. The van der Waals surface area contributed by atoms with E-state index in [9.17, 15) is 9.59 Å². The first-order valence-corrected chi connectivity index (χ1v) is 8.91. The molecule has 26 heavy (non-hydrogen) atoms. The molecule has 0 saturated heterocycles. The fraction of sp³-hybridized carbons (Fsp3) is 0.444. The number of carbonyl (C=O) groups is 2. The third-order valence-corrected chi connectivity index (χ3v) is 4.33. The van der Waals surface area contributed by atoms with E-state index in [-0.39, 0.29) is 24.4 Å². The van der Waals surface area contributed by atoms with Crippen molar-refractivity contribution in [1.82, 2.24) is 15.5 Å². The molecule has 3 N–H and O–H groups in total. The first-order valence-electron chi connectivity index (χ1n) is 8.91. The van der Waals surface area contributed by atoms with Crippen LogP contribution in [-0.2, 0) is 17.8 Å². The number of hydrogen-bond donors (Lipinski definition) is 3. The number of amides is 3. The fourth-order valence-corrected chi connectivity index (χ4v) is 2.94. The second kappa shape index (κ2) is 8.46. The minimum Gasteiger partial charge on any atom is -0.423 e. The van der Waals surface area contributed by atoms with Crippen molar-refractivity contribution < 1.29 is 14.0 Å².